The Morgan fingerprint density at radius 3 is 2.93 bits per heavy atom. The molecule has 3 rings (SSSR count). The van der Waals surface area contributed by atoms with E-state index in [1.165, 1.54) is 11.6 Å². The molecule has 0 radical (unpaired) electrons. The van der Waals surface area contributed by atoms with Crippen LogP contribution in [-0.4, -0.2) is 51.8 Å². The quantitative estimate of drug-likeness (QED) is 0.770. The highest BCUT2D eigenvalue weighted by atomic mass is 79.9. The predicted molar refractivity (Wildman–Crippen MR) is 107 cm³/mol. The first kappa shape index (κ1) is 19.8. The Labute approximate surface area is 167 Å². The van der Waals surface area contributed by atoms with Crippen LogP contribution in [0, 0.1) is 5.82 Å². The van der Waals surface area contributed by atoms with Crippen LogP contribution in [0.2, 0.25) is 0 Å². The van der Waals surface area contributed by atoms with Crippen LogP contribution in [-0.2, 0) is 13.1 Å². The Morgan fingerprint density at radius 1 is 1.30 bits per heavy atom. The van der Waals surface area contributed by atoms with Crippen molar-refractivity contribution in [1.29, 1.82) is 0 Å². The third-order valence-corrected chi connectivity index (χ3v) is 5.09. The monoisotopic (exact) mass is 437 g/mol. The van der Waals surface area contributed by atoms with E-state index in [-0.39, 0.29) is 11.7 Å². The zero-order chi connectivity index (χ0) is 19.2. The molecule has 1 aromatic carbocycles. The fourth-order valence-electron chi connectivity index (χ4n) is 3.21. The molecule has 2 amide bonds. The second-order valence-electron chi connectivity index (χ2n) is 6.78. The van der Waals surface area contributed by atoms with Gasteiger partial charge in [-0.2, -0.15) is 5.10 Å². The minimum atomic E-state index is -0.446. The topological polar surface area (TPSA) is 53.4 Å². The van der Waals surface area contributed by atoms with E-state index in [0.717, 1.165) is 39.0 Å². The lowest BCUT2D eigenvalue weighted by Gasteiger charge is -2.22. The van der Waals surface area contributed by atoms with Gasteiger partial charge < -0.3 is 10.2 Å². The first-order chi connectivity index (χ1) is 13.0. The van der Waals surface area contributed by atoms with E-state index in [9.17, 15) is 9.18 Å². The van der Waals surface area contributed by atoms with Crippen LogP contribution in [0.15, 0.2) is 35.1 Å². The molecule has 6 nitrogen and oxygen atoms in total. The Morgan fingerprint density at radius 2 is 2.15 bits per heavy atom. The number of aryl methyl sites for hydroxylation is 1. The number of urea groups is 1. The van der Waals surface area contributed by atoms with Crippen molar-refractivity contribution >= 4 is 27.6 Å². The molecule has 146 valence electrons. The van der Waals surface area contributed by atoms with Crippen molar-refractivity contribution in [2.24, 2.45) is 0 Å². The SMILES string of the molecule is CCCn1cc(CN2CCCN(C(=O)Nc3ccc(Br)cc3F)CC2)cn1. The smallest absolute Gasteiger partial charge is 0.321 e. The van der Waals surface area contributed by atoms with E-state index in [4.69, 9.17) is 0 Å². The van der Waals surface area contributed by atoms with E-state index < -0.39 is 5.82 Å². The number of carbonyl (C=O) groups is 1. The number of anilines is 1. The molecule has 1 saturated heterocycles. The highest BCUT2D eigenvalue weighted by Gasteiger charge is 2.20. The maximum atomic E-state index is 13.9. The molecule has 8 heteroatoms. The van der Waals surface area contributed by atoms with Crippen molar-refractivity contribution in [2.45, 2.75) is 32.9 Å². The van der Waals surface area contributed by atoms with Crippen LogP contribution in [0.5, 0.6) is 0 Å². The van der Waals surface area contributed by atoms with Crippen molar-refractivity contribution in [2.75, 3.05) is 31.5 Å². The number of carbonyl (C=O) groups excluding carboxylic acids is 1. The van der Waals surface area contributed by atoms with E-state index >= 15 is 0 Å². The maximum absolute atomic E-state index is 13.9. The number of benzene rings is 1. The summed E-state index contributed by atoms with van der Waals surface area (Å²) in [5, 5.41) is 7.05. The van der Waals surface area contributed by atoms with Gasteiger partial charge in [-0.05, 0) is 31.0 Å². The number of hydrogen-bond acceptors (Lipinski definition) is 3. The predicted octanol–water partition coefficient (Wildman–Crippen LogP) is 3.93. The minimum absolute atomic E-state index is 0.202. The summed E-state index contributed by atoms with van der Waals surface area (Å²) < 4.78 is 16.6. The van der Waals surface area contributed by atoms with Gasteiger partial charge in [-0.15, -0.1) is 0 Å². The molecule has 1 N–H and O–H groups in total. The van der Waals surface area contributed by atoms with Gasteiger partial charge in [0.25, 0.3) is 0 Å². The lowest BCUT2D eigenvalue weighted by Crippen LogP contribution is -2.38. The van der Waals surface area contributed by atoms with E-state index in [1.54, 1.807) is 17.0 Å². The molecule has 27 heavy (non-hydrogen) atoms. The Balaban J connectivity index is 1.53. The molecular formula is C19H25BrFN5O. The fraction of sp³-hybridized carbons (Fsp3) is 0.474. The first-order valence-electron chi connectivity index (χ1n) is 9.30. The average Bonchev–Trinajstić information content (AvgIpc) is 2.93. The van der Waals surface area contributed by atoms with Crippen LogP contribution in [0.1, 0.15) is 25.3 Å². The van der Waals surface area contributed by atoms with Crippen LogP contribution < -0.4 is 5.32 Å². The maximum Gasteiger partial charge on any atom is 0.321 e. The van der Waals surface area contributed by atoms with Gasteiger partial charge in [-0.1, -0.05) is 22.9 Å². The van der Waals surface area contributed by atoms with Crippen molar-refractivity contribution in [3.8, 4) is 0 Å². The highest BCUT2D eigenvalue weighted by Crippen LogP contribution is 2.20. The van der Waals surface area contributed by atoms with Gasteiger partial charge in [0.2, 0.25) is 0 Å². The summed E-state index contributed by atoms with van der Waals surface area (Å²) in [6, 6.07) is 4.36. The van der Waals surface area contributed by atoms with E-state index in [0.29, 0.717) is 17.6 Å². The zero-order valence-corrected chi connectivity index (χ0v) is 17.1. The molecular weight excluding hydrogens is 413 g/mol. The largest absolute Gasteiger partial charge is 0.323 e. The average molecular weight is 438 g/mol. The normalized spacial score (nSPS) is 15.6. The summed E-state index contributed by atoms with van der Waals surface area (Å²) in [4.78, 5) is 16.6. The Kier molecular flexibility index (Phi) is 6.84. The molecule has 0 spiro atoms. The Hall–Kier alpha value is -1.93. The lowest BCUT2D eigenvalue weighted by molar-refractivity contribution is 0.211. The van der Waals surface area contributed by atoms with Gasteiger partial charge in [0.1, 0.15) is 5.82 Å². The van der Waals surface area contributed by atoms with Gasteiger partial charge in [0.15, 0.2) is 0 Å². The standard InChI is InChI=1S/C19H25BrFN5O/c1-2-6-26-14-15(12-22-26)13-24-7-3-8-25(10-9-24)19(27)23-18-5-4-16(20)11-17(18)21/h4-5,11-12,14H,2-3,6-10,13H2,1H3,(H,23,27). The van der Waals surface area contributed by atoms with Gasteiger partial charge in [0.05, 0.1) is 11.9 Å². The van der Waals surface area contributed by atoms with Crippen LogP contribution in [0.3, 0.4) is 0 Å². The van der Waals surface area contributed by atoms with Crippen molar-refractivity contribution in [1.82, 2.24) is 19.6 Å². The summed E-state index contributed by atoms with van der Waals surface area (Å²) >= 11 is 3.22. The van der Waals surface area contributed by atoms with Crippen LogP contribution in [0.25, 0.3) is 0 Å². The number of nitrogens with zero attached hydrogens (tertiary/aromatic N) is 4. The molecule has 0 bridgehead atoms. The third-order valence-electron chi connectivity index (χ3n) is 4.59. The van der Waals surface area contributed by atoms with Crippen molar-refractivity contribution in [3.63, 3.8) is 0 Å². The van der Waals surface area contributed by atoms with E-state index in [2.05, 4.69) is 44.4 Å². The fourth-order valence-corrected chi connectivity index (χ4v) is 3.55. The second kappa shape index (κ2) is 9.32. The van der Waals surface area contributed by atoms with Crippen LogP contribution >= 0.6 is 15.9 Å². The molecule has 0 unspecified atom stereocenters. The van der Waals surface area contributed by atoms with Crippen molar-refractivity contribution in [3.05, 3.63) is 46.4 Å². The van der Waals surface area contributed by atoms with Crippen LogP contribution in [0.4, 0.5) is 14.9 Å². The number of nitrogens with one attached hydrogen (secondary N) is 1. The number of amides is 2. The molecule has 1 aromatic heterocycles. The molecule has 2 heterocycles. The summed E-state index contributed by atoms with van der Waals surface area (Å²) in [6.07, 6.45) is 5.96. The van der Waals surface area contributed by atoms with Gasteiger partial charge in [-0.25, -0.2) is 9.18 Å². The number of halogens is 2. The molecule has 2 aromatic rings. The molecule has 0 atom stereocenters. The van der Waals surface area contributed by atoms with E-state index in [1.807, 2.05) is 10.9 Å². The highest BCUT2D eigenvalue weighted by molar-refractivity contribution is 9.10. The van der Waals surface area contributed by atoms with Gasteiger partial charge in [-0.3, -0.25) is 9.58 Å². The second-order valence-corrected chi connectivity index (χ2v) is 7.70. The molecule has 1 aliphatic heterocycles. The van der Waals surface area contributed by atoms with Gasteiger partial charge >= 0.3 is 6.03 Å². The summed E-state index contributed by atoms with van der Waals surface area (Å²) in [7, 11) is 0. The lowest BCUT2D eigenvalue weighted by atomic mass is 10.3. The number of rotatable bonds is 5. The minimum Gasteiger partial charge on any atom is -0.323 e. The molecule has 1 fully saturated rings. The molecule has 1 aliphatic rings. The summed E-state index contributed by atoms with van der Waals surface area (Å²) in [5.74, 6) is -0.446. The first-order valence-corrected chi connectivity index (χ1v) is 10.1. The molecule has 0 aliphatic carbocycles. The zero-order valence-electron chi connectivity index (χ0n) is 15.5. The summed E-state index contributed by atoms with van der Waals surface area (Å²) in [6.45, 7) is 6.89. The number of hydrogen-bond donors (Lipinski definition) is 1. The van der Waals surface area contributed by atoms with Gasteiger partial charge in [0, 0.05) is 55.5 Å². The Bertz CT molecular complexity index is 781. The third kappa shape index (κ3) is 5.52. The van der Waals surface area contributed by atoms with Crippen molar-refractivity contribution < 1.29 is 9.18 Å². The molecule has 0 saturated carbocycles. The summed E-state index contributed by atoms with van der Waals surface area (Å²) in [5.41, 5.74) is 1.39. The number of aromatic nitrogens is 2.